The first-order valence-corrected chi connectivity index (χ1v) is 6.95. The monoisotopic (exact) mass is 248 g/mol. The predicted octanol–water partition coefficient (Wildman–Crippen LogP) is 2.88. The Hall–Kier alpha value is -1.36. The molecule has 3 rings (SSSR count). The summed E-state index contributed by atoms with van der Waals surface area (Å²) in [7, 11) is 0. The first kappa shape index (κ1) is 10.8. The van der Waals surface area contributed by atoms with E-state index in [0.29, 0.717) is 5.95 Å². The zero-order valence-corrected chi connectivity index (χ0v) is 10.5. The number of nitrogens with one attached hydrogen (secondary N) is 1. The van der Waals surface area contributed by atoms with Crippen molar-refractivity contribution in [3.05, 3.63) is 11.4 Å². The Balaban J connectivity index is 1.72. The van der Waals surface area contributed by atoms with E-state index in [9.17, 15) is 0 Å². The van der Waals surface area contributed by atoms with Gasteiger partial charge in [-0.2, -0.15) is 4.98 Å². The second kappa shape index (κ2) is 4.49. The van der Waals surface area contributed by atoms with Crippen molar-refractivity contribution in [2.75, 3.05) is 17.6 Å². The van der Waals surface area contributed by atoms with E-state index >= 15 is 0 Å². The highest BCUT2D eigenvalue weighted by atomic mass is 32.1. The molecule has 0 atom stereocenters. The van der Waals surface area contributed by atoms with E-state index in [1.54, 1.807) is 11.3 Å². The van der Waals surface area contributed by atoms with Crippen molar-refractivity contribution in [2.45, 2.75) is 25.7 Å². The van der Waals surface area contributed by atoms with E-state index in [-0.39, 0.29) is 0 Å². The Morgan fingerprint density at radius 3 is 3.06 bits per heavy atom. The number of nitrogen functional groups attached to an aromatic ring is 1. The summed E-state index contributed by atoms with van der Waals surface area (Å²) in [5, 5.41) is 6.49. The van der Waals surface area contributed by atoms with Crippen LogP contribution in [0, 0.1) is 5.92 Å². The molecule has 0 saturated heterocycles. The zero-order valence-electron chi connectivity index (χ0n) is 9.65. The van der Waals surface area contributed by atoms with Crippen LogP contribution >= 0.6 is 11.3 Å². The van der Waals surface area contributed by atoms with Crippen LogP contribution < -0.4 is 11.1 Å². The Morgan fingerprint density at radius 2 is 2.29 bits per heavy atom. The van der Waals surface area contributed by atoms with Crippen molar-refractivity contribution in [3.8, 4) is 0 Å². The Morgan fingerprint density at radius 1 is 1.41 bits per heavy atom. The van der Waals surface area contributed by atoms with Gasteiger partial charge < -0.3 is 11.1 Å². The Kier molecular flexibility index (Phi) is 2.84. The summed E-state index contributed by atoms with van der Waals surface area (Å²) < 4.78 is 0. The van der Waals surface area contributed by atoms with Gasteiger partial charge in [0.15, 0.2) is 0 Å². The molecule has 0 bridgehead atoms. The summed E-state index contributed by atoms with van der Waals surface area (Å²) in [5.74, 6) is 2.15. The van der Waals surface area contributed by atoms with E-state index in [2.05, 4.69) is 15.3 Å². The van der Waals surface area contributed by atoms with E-state index in [1.165, 1.54) is 25.7 Å². The number of hydrogen-bond donors (Lipinski definition) is 2. The molecular formula is C12H16N4S. The highest BCUT2D eigenvalue weighted by Crippen LogP contribution is 2.30. The number of nitrogens with zero attached hydrogens (tertiary/aromatic N) is 2. The summed E-state index contributed by atoms with van der Waals surface area (Å²) >= 11 is 1.60. The third kappa shape index (κ3) is 2.20. The van der Waals surface area contributed by atoms with Crippen LogP contribution in [0.25, 0.3) is 10.2 Å². The number of thiophene rings is 1. The van der Waals surface area contributed by atoms with E-state index < -0.39 is 0 Å². The number of anilines is 2. The SMILES string of the molecule is Nc1nc(NCCC2CCC2)c2ccsc2n1. The fraction of sp³-hybridized carbons (Fsp3) is 0.500. The Labute approximate surface area is 104 Å². The summed E-state index contributed by atoms with van der Waals surface area (Å²) in [6, 6.07) is 2.05. The molecule has 1 fully saturated rings. The lowest BCUT2D eigenvalue weighted by Crippen LogP contribution is -2.16. The largest absolute Gasteiger partial charge is 0.369 e. The summed E-state index contributed by atoms with van der Waals surface area (Å²) in [6.07, 6.45) is 5.42. The molecule has 0 unspecified atom stereocenters. The molecule has 17 heavy (non-hydrogen) atoms. The molecule has 1 aliphatic carbocycles. The summed E-state index contributed by atoms with van der Waals surface area (Å²) in [6.45, 7) is 0.978. The van der Waals surface area contributed by atoms with Crippen molar-refractivity contribution < 1.29 is 0 Å². The molecule has 0 spiro atoms. The summed E-state index contributed by atoms with van der Waals surface area (Å²) in [5.41, 5.74) is 5.70. The maximum absolute atomic E-state index is 5.70. The van der Waals surface area contributed by atoms with Crippen LogP contribution in [-0.4, -0.2) is 16.5 Å². The molecule has 2 heterocycles. The minimum atomic E-state index is 0.353. The molecule has 0 aromatic carbocycles. The zero-order chi connectivity index (χ0) is 11.7. The maximum atomic E-state index is 5.70. The molecule has 2 aromatic heterocycles. The number of fused-ring (bicyclic) bond motifs is 1. The number of hydrogen-bond acceptors (Lipinski definition) is 5. The number of aromatic nitrogens is 2. The lowest BCUT2D eigenvalue weighted by molar-refractivity contribution is 0.303. The molecule has 3 N–H and O–H groups in total. The Bertz CT molecular complexity index is 518. The summed E-state index contributed by atoms with van der Waals surface area (Å²) in [4.78, 5) is 9.45. The van der Waals surface area contributed by atoms with Gasteiger partial charge in [0.1, 0.15) is 10.6 Å². The van der Waals surface area contributed by atoms with Crippen LogP contribution in [-0.2, 0) is 0 Å². The van der Waals surface area contributed by atoms with Crippen molar-refractivity contribution in [3.63, 3.8) is 0 Å². The van der Waals surface area contributed by atoms with Crippen LogP contribution in [0.15, 0.2) is 11.4 Å². The predicted molar refractivity (Wildman–Crippen MR) is 72.3 cm³/mol. The third-order valence-corrected chi connectivity index (χ3v) is 4.22. The van der Waals surface area contributed by atoms with Crippen LogP contribution in [0.2, 0.25) is 0 Å². The first-order valence-electron chi connectivity index (χ1n) is 6.07. The lowest BCUT2D eigenvalue weighted by Gasteiger charge is -2.25. The van der Waals surface area contributed by atoms with Gasteiger partial charge in [-0.25, -0.2) is 4.98 Å². The maximum Gasteiger partial charge on any atom is 0.223 e. The average molecular weight is 248 g/mol. The van der Waals surface area contributed by atoms with Gasteiger partial charge >= 0.3 is 0 Å². The molecule has 5 heteroatoms. The van der Waals surface area contributed by atoms with Crippen LogP contribution in [0.4, 0.5) is 11.8 Å². The normalized spacial score (nSPS) is 16.0. The molecule has 0 aliphatic heterocycles. The molecular weight excluding hydrogens is 232 g/mol. The smallest absolute Gasteiger partial charge is 0.223 e. The van der Waals surface area contributed by atoms with Crippen molar-refractivity contribution in [2.24, 2.45) is 5.92 Å². The van der Waals surface area contributed by atoms with E-state index in [0.717, 1.165) is 28.5 Å². The molecule has 2 aromatic rings. The lowest BCUT2D eigenvalue weighted by atomic mass is 9.83. The molecule has 0 amide bonds. The van der Waals surface area contributed by atoms with Crippen molar-refractivity contribution in [1.29, 1.82) is 0 Å². The molecule has 4 nitrogen and oxygen atoms in total. The first-order chi connectivity index (χ1) is 8.33. The minimum Gasteiger partial charge on any atom is -0.369 e. The second-order valence-electron chi connectivity index (χ2n) is 4.58. The van der Waals surface area contributed by atoms with Gasteiger partial charge in [-0.3, -0.25) is 0 Å². The average Bonchev–Trinajstić information content (AvgIpc) is 2.69. The van der Waals surface area contributed by atoms with Gasteiger partial charge in [0.05, 0.1) is 5.39 Å². The highest BCUT2D eigenvalue weighted by Gasteiger charge is 2.16. The van der Waals surface area contributed by atoms with Crippen LogP contribution in [0.3, 0.4) is 0 Å². The number of rotatable bonds is 4. The van der Waals surface area contributed by atoms with Crippen LogP contribution in [0.1, 0.15) is 25.7 Å². The van der Waals surface area contributed by atoms with Gasteiger partial charge in [0.2, 0.25) is 5.95 Å². The fourth-order valence-corrected chi connectivity index (χ4v) is 2.95. The van der Waals surface area contributed by atoms with E-state index in [4.69, 9.17) is 5.73 Å². The van der Waals surface area contributed by atoms with Gasteiger partial charge in [0.25, 0.3) is 0 Å². The standard InChI is InChI=1S/C12H16N4S/c13-12-15-10(9-5-7-17-11(9)16-12)14-6-4-8-2-1-3-8/h5,7-8H,1-4,6H2,(H3,13,14,15,16). The topological polar surface area (TPSA) is 63.8 Å². The van der Waals surface area contributed by atoms with Crippen molar-refractivity contribution in [1.82, 2.24) is 9.97 Å². The second-order valence-corrected chi connectivity index (χ2v) is 5.48. The van der Waals surface area contributed by atoms with Gasteiger partial charge in [0, 0.05) is 6.54 Å². The molecule has 90 valence electrons. The molecule has 1 saturated carbocycles. The highest BCUT2D eigenvalue weighted by molar-refractivity contribution is 7.16. The minimum absolute atomic E-state index is 0.353. The molecule has 1 aliphatic rings. The van der Waals surface area contributed by atoms with Gasteiger partial charge in [-0.1, -0.05) is 19.3 Å². The third-order valence-electron chi connectivity index (χ3n) is 3.41. The number of nitrogens with two attached hydrogens (primary N) is 1. The van der Waals surface area contributed by atoms with E-state index in [1.807, 2.05) is 11.4 Å². The van der Waals surface area contributed by atoms with Gasteiger partial charge in [-0.05, 0) is 23.8 Å². The van der Waals surface area contributed by atoms with Crippen LogP contribution in [0.5, 0.6) is 0 Å². The quantitative estimate of drug-likeness (QED) is 0.873. The molecule has 0 radical (unpaired) electrons. The van der Waals surface area contributed by atoms with Gasteiger partial charge in [-0.15, -0.1) is 11.3 Å². The van der Waals surface area contributed by atoms with Crippen molar-refractivity contribution >= 4 is 33.3 Å². The fourth-order valence-electron chi connectivity index (χ4n) is 2.18.